The molecule has 144 valence electrons. The summed E-state index contributed by atoms with van der Waals surface area (Å²) in [4.78, 5) is 32.3. The fourth-order valence-corrected chi connectivity index (χ4v) is 5.77. The minimum absolute atomic E-state index is 0.0322. The Morgan fingerprint density at radius 1 is 1.00 bits per heavy atom. The van der Waals surface area contributed by atoms with Gasteiger partial charge in [-0.2, -0.15) is 0 Å². The summed E-state index contributed by atoms with van der Waals surface area (Å²) in [6.07, 6.45) is 6.87. The van der Waals surface area contributed by atoms with Crippen LogP contribution in [0.4, 0.5) is 0 Å². The number of fused-ring (bicyclic) bond motifs is 5. The van der Waals surface area contributed by atoms with Gasteiger partial charge in [-0.3, -0.25) is 14.4 Å². The molecule has 5 nitrogen and oxygen atoms in total. The average Bonchev–Trinajstić information content (AvgIpc) is 3.17. The van der Waals surface area contributed by atoms with Gasteiger partial charge in [0.05, 0.1) is 12.8 Å². The van der Waals surface area contributed by atoms with E-state index in [4.69, 9.17) is 0 Å². The molecule has 1 heterocycles. The molecule has 27 heavy (non-hydrogen) atoms. The summed E-state index contributed by atoms with van der Waals surface area (Å²) in [7, 11) is 0. The van der Waals surface area contributed by atoms with Crippen LogP contribution in [-0.2, 0) is 25.5 Å². The molecule has 5 rings (SSSR count). The van der Waals surface area contributed by atoms with Gasteiger partial charge < -0.3 is 9.84 Å². The van der Waals surface area contributed by atoms with E-state index in [2.05, 4.69) is 17.7 Å². The molecule has 3 aliphatic carbocycles. The largest absolute Gasteiger partial charge is 0.508 e. The van der Waals surface area contributed by atoms with E-state index in [1.807, 2.05) is 12.1 Å². The predicted molar refractivity (Wildman–Crippen MR) is 98.1 cm³/mol. The number of hydrogen-bond donors (Lipinski definition) is 1. The maximum Gasteiger partial charge on any atom is 0.314 e. The first-order chi connectivity index (χ1) is 12.9. The molecule has 0 aromatic heterocycles. The second-order valence-corrected chi connectivity index (χ2v) is 8.56. The van der Waals surface area contributed by atoms with Crippen molar-refractivity contribution in [1.82, 2.24) is 0 Å². The third kappa shape index (κ3) is 3.17. The van der Waals surface area contributed by atoms with Gasteiger partial charge in [-0.05, 0) is 73.1 Å². The summed E-state index contributed by atoms with van der Waals surface area (Å²) in [6, 6.07) is 5.90. The van der Waals surface area contributed by atoms with E-state index in [1.165, 1.54) is 17.5 Å². The summed E-state index contributed by atoms with van der Waals surface area (Å²) >= 11 is 0. The first-order valence-corrected chi connectivity index (χ1v) is 9.97. The zero-order chi connectivity index (χ0) is 19.2. The van der Waals surface area contributed by atoms with E-state index in [9.17, 15) is 19.5 Å². The highest BCUT2D eigenvalue weighted by Gasteiger charge is 2.54. The number of benzene rings is 1. The van der Waals surface area contributed by atoms with Gasteiger partial charge in [-0.15, -0.1) is 0 Å². The van der Waals surface area contributed by atoms with Crippen LogP contribution in [0.2, 0.25) is 0 Å². The van der Waals surface area contributed by atoms with Gasteiger partial charge in [0.2, 0.25) is 0 Å². The quantitative estimate of drug-likeness (QED) is 0.557. The molecule has 0 spiro atoms. The van der Waals surface area contributed by atoms with Crippen LogP contribution in [0.1, 0.15) is 68.9 Å². The molecule has 1 aromatic carbocycles. The number of carbonyl (C=O) groups is 3. The number of carbonyl (C=O) groups excluding carboxylic acids is 3. The zero-order valence-corrected chi connectivity index (χ0v) is 15.7. The Labute approximate surface area is 159 Å². The van der Waals surface area contributed by atoms with Gasteiger partial charge >= 0.3 is 11.9 Å². The predicted octanol–water partition coefficient (Wildman–Crippen LogP) is 3.67. The number of aryl methyl sites for hydroxylation is 1. The first-order valence-electron chi connectivity index (χ1n) is 9.97. The van der Waals surface area contributed by atoms with Gasteiger partial charge in [-0.1, -0.05) is 13.0 Å². The van der Waals surface area contributed by atoms with Crippen LogP contribution in [0.15, 0.2) is 18.2 Å². The topological polar surface area (TPSA) is 80.7 Å². The molecule has 1 aliphatic heterocycles. The zero-order valence-electron chi connectivity index (χ0n) is 15.7. The summed E-state index contributed by atoms with van der Waals surface area (Å²) in [6.45, 7) is 2.22. The second kappa shape index (κ2) is 6.77. The van der Waals surface area contributed by atoms with E-state index in [1.54, 1.807) is 0 Å². The summed E-state index contributed by atoms with van der Waals surface area (Å²) in [5, 5.41) is 9.67. The molecule has 1 N–H and O–H groups in total. The highest BCUT2D eigenvalue weighted by Crippen LogP contribution is 2.59. The molecule has 0 radical (unpaired) electrons. The molecule has 4 atom stereocenters. The molecule has 0 amide bonds. The van der Waals surface area contributed by atoms with E-state index < -0.39 is 11.9 Å². The van der Waals surface area contributed by atoms with Crippen molar-refractivity contribution >= 4 is 17.7 Å². The summed E-state index contributed by atoms with van der Waals surface area (Å²) < 4.78 is 4.08. The first kappa shape index (κ1) is 18.2. The second-order valence-electron chi connectivity index (χ2n) is 8.56. The lowest BCUT2D eigenvalue weighted by atomic mass is 9.55. The van der Waals surface area contributed by atoms with Crippen molar-refractivity contribution in [3.05, 3.63) is 29.3 Å². The maximum absolute atomic E-state index is 12.3. The van der Waals surface area contributed by atoms with Crippen molar-refractivity contribution < 1.29 is 24.2 Å². The molecular formula is C22H26O5. The van der Waals surface area contributed by atoms with E-state index >= 15 is 0 Å². The summed E-state index contributed by atoms with van der Waals surface area (Å²) in [5.41, 5.74) is 2.75. The maximum atomic E-state index is 12.3. The molecule has 5 heteroatoms. The molecule has 0 unspecified atom stereocenters. The van der Waals surface area contributed by atoms with E-state index in [0.717, 1.165) is 32.1 Å². The Morgan fingerprint density at radius 2 is 1.74 bits per heavy atom. The van der Waals surface area contributed by atoms with Gasteiger partial charge in [0.25, 0.3) is 0 Å². The van der Waals surface area contributed by atoms with Crippen LogP contribution < -0.4 is 0 Å². The molecule has 2 saturated carbocycles. The SMILES string of the molecule is C[C@]12CC[C@@H]3c4ccc(O)cc4CC[C@H]3[C@@H]1CCC2=O.O=C1CCC(=O)O1. The van der Waals surface area contributed by atoms with Gasteiger partial charge in [-0.25, -0.2) is 0 Å². The van der Waals surface area contributed by atoms with Crippen molar-refractivity contribution in [3.8, 4) is 5.75 Å². The Bertz CT molecular complexity index is 784. The average molecular weight is 370 g/mol. The fourth-order valence-electron chi connectivity index (χ4n) is 5.77. The van der Waals surface area contributed by atoms with Crippen LogP contribution in [0.3, 0.4) is 0 Å². The van der Waals surface area contributed by atoms with Gasteiger partial charge in [0.15, 0.2) is 0 Å². The van der Waals surface area contributed by atoms with Gasteiger partial charge in [0, 0.05) is 11.8 Å². The molecular weight excluding hydrogens is 344 g/mol. The number of phenols is 1. The Morgan fingerprint density at radius 3 is 2.41 bits per heavy atom. The van der Waals surface area contributed by atoms with Crippen LogP contribution in [-0.4, -0.2) is 22.8 Å². The smallest absolute Gasteiger partial charge is 0.314 e. The molecule has 1 saturated heterocycles. The summed E-state index contributed by atoms with van der Waals surface area (Å²) in [5.74, 6) is 1.99. The molecule has 0 bridgehead atoms. The van der Waals surface area contributed by atoms with Crippen LogP contribution in [0.25, 0.3) is 0 Å². The lowest BCUT2D eigenvalue weighted by Crippen LogP contribution is -2.42. The number of ether oxygens (including phenoxy) is 1. The van der Waals surface area contributed by atoms with Crippen LogP contribution in [0.5, 0.6) is 5.75 Å². The molecule has 3 fully saturated rings. The highest BCUT2D eigenvalue weighted by atomic mass is 16.6. The molecule has 4 aliphatic rings. The minimum atomic E-state index is -0.398. The van der Waals surface area contributed by atoms with Crippen LogP contribution >= 0.6 is 0 Å². The van der Waals surface area contributed by atoms with Crippen molar-refractivity contribution in [2.45, 2.75) is 64.2 Å². The number of ketones is 1. The number of aromatic hydroxyl groups is 1. The third-order valence-corrected chi connectivity index (χ3v) is 7.18. The number of cyclic esters (lactones) is 2. The number of Topliss-reactive ketones (excluding diaryl/α,β-unsaturated/α-hetero) is 1. The Kier molecular flexibility index (Phi) is 4.57. The third-order valence-electron chi connectivity index (χ3n) is 7.18. The van der Waals surface area contributed by atoms with E-state index in [-0.39, 0.29) is 18.3 Å². The standard InChI is InChI=1S/C18H22O2.C4H4O3/c1-18-9-8-14-13-5-3-12(19)10-11(13)2-4-15(14)16(18)6-7-17(18)20;5-3-1-2-4(6)7-3/h3,5,10,14-16,19H,2,4,6-9H2,1H3;1-2H2/t14-,15-,16+,18+;/m1./s1. The van der Waals surface area contributed by atoms with Crippen molar-refractivity contribution in [2.75, 3.05) is 0 Å². The van der Waals surface area contributed by atoms with Crippen molar-refractivity contribution in [3.63, 3.8) is 0 Å². The van der Waals surface area contributed by atoms with E-state index in [0.29, 0.717) is 29.3 Å². The van der Waals surface area contributed by atoms with Crippen molar-refractivity contribution in [1.29, 1.82) is 0 Å². The number of hydrogen-bond acceptors (Lipinski definition) is 5. The van der Waals surface area contributed by atoms with Crippen LogP contribution in [0, 0.1) is 17.3 Å². The Balaban J connectivity index is 0.000000218. The number of rotatable bonds is 0. The highest BCUT2D eigenvalue weighted by molar-refractivity contribution is 5.92. The normalized spacial score (nSPS) is 34.1. The lowest BCUT2D eigenvalue weighted by molar-refractivity contribution is -0.152. The van der Waals surface area contributed by atoms with Gasteiger partial charge in [0.1, 0.15) is 11.5 Å². The number of phenolic OH excluding ortho intramolecular Hbond substituents is 1. The lowest BCUT2D eigenvalue weighted by Gasteiger charge is -2.48. The fraction of sp³-hybridized carbons (Fsp3) is 0.591. The molecule has 1 aromatic rings. The monoisotopic (exact) mass is 370 g/mol. The minimum Gasteiger partial charge on any atom is -0.508 e. The van der Waals surface area contributed by atoms with Crippen molar-refractivity contribution in [2.24, 2.45) is 17.3 Å². The Hall–Kier alpha value is -2.17. The number of esters is 2.